The quantitative estimate of drug-likeness (QED) is 0.846. The Morgan fingerprint density at radius 2 is 1.96 bits per heavy atom. The molecule has 0 bridgehead atoms. The van der Waals surface area contributed by atoms with Gasteiger partial charge >= 0.3 is 6.18 Å². The fourth-order valence-corrected chi connectivity index (χ4v) is 2.10. The zero-order valence-corrected chi connectivity index (χ0v) is 12.5. The number of carbonyl (C=O) groups is 1. The first-order chi connectivity index (χ1) is 11.4. The third-order valence-electron chi connectivity index (χ3n) is 3.41. The van der Waals surface area contributed by atoms with Crippen LogP contribution in [0.2, 0.25) is 0 Å². The SMILES string of the molecule is O=C(Nc1cccc(C(F)(F)F)c1)c1ccccc1OCC1CO1. The Bertz CT molecular complexity index is 742. The van der Waals surface area contributed by atoms with Crippen LogP contribution < -0.4 is 10.1 Å². The van der Waals surface area contributed by atoms with E-state index < -0.39 is 17.6 Å². The van der Waals surface area contributed by atoms with Crippen LogP contribution in [0.1, 0.15) is 15.9 Å². The Labute approximate surface area is 136 Å². The Morgan fingerprint density at radius 3 is 2.67 bits per heavy atom. The molecule has 3 rings (SSSR count). The van der Waals surface area contributed by atoms with E-state index in [2.05, 4.69) is 5.32 Å². The molecule has 1 aliphatic rings. The first-order valence-corrected chi connectivity index (χ1v) is 7.25. The van der Waals surface area contributed by atoms with Crippen molar-refractivity contribution in [2.24, 2.45) is 0 Å². The standard InChI is InChI=1S/C17H14F3NO3/c18-17(19,20)11-4-3-5-12(8-11)21-16(22)14-6-1-2-7-15(14)24-10-13-9-23-13/h1-8,13H,9-10H2,(H,21,22). The summed E-state index contributed by atoms with van der Waals surface area (Å²) in [5.74, 6) is -0.181. The van der Waals surface area contributed by atoms with E-state index in [4.69, 9.17) is 9.47 Å². The lowest BCUT2D eigenvalue weighted by molar-refractivity contribution is -0.137. The van der Waals surface area contributed by atoms with Crippen molar-refractivity contribution in [3.8, 4) is 5.75 Å². The van der Waals surface area contributed by atoms with E-state index in [0.29, 0.717) is 19.0 Å². The van der Waals surface area contributed by atoms with Gasteiger partial charge in [0.05, 0.1) is 17.7 Å². The molecule has 1 N–H and O–H groups in total. The fraction of sp³-hybridized carbons (Fsp3) is 0.235. The second-order valence-corrected chi connectivity index (χ2v) is 5.30. The predicted octanol–water partition coefficient (Wildman–Crippen LogP) is 3.74. The Hall–Kier alpha value is -2.54. The second kappa shape index (κ2) is 6.52. The summed E-state index contributed by atoms with van der Waals surface area (Å²) in [5, 5.41) is 2.46. The number of para-hydroxylation sites is 1. The van der Waals surface area contributed by atoms with E-state index in [9.17, 15) is 18.0 Å². The fourth-order valence-electron chi connectivity index (χ4n) is 2.10. The maximum atomic E-state index is 12.7. The highest BCUT2D eigenvalue weighted by molar-refractivity contribution is 6.06. The van der Waals surface area contributed by atoms with Gasteiger partial charge in [0.25, 0.3) is 5.91 Å². The van der Waals surface area contributed by atoms with E-state index >= 15 is 0 Å². The van der Waals surface area contributed by atoms with Crippen molar-refractivity contribution in [3.05, 3.63) is 59.7 Å². The Balaban J connectivity index is 1.75. The van der Waals surface area contributed by atoms with E-state index in [1.807, 2.05) is 0 Å². The Kier molecular flexibility index (Phi) is 4.44. The monoisotopic (exact) mass is 337 g/mol. The van der Waals surface area contributed by atoms with E-state index in [1.165, 1.54) is 12.1 Å². The van der Waals surface area contributed by atoms with Crippen LogP contribution in [0.3, 0.4) is 0 Å². The van der Waals surface area contributed by atoms with Gasteiger partial charge < -0.3 is 14.8 Å². The molecule has 7 heteroatoms. The van der Waals surface area contributed by atoms with E-state index in [1.54, 1.807) is 24.3 Å². The van der Waals surface area contributed by atoms with Crippen LogP contribution in [0.5, 0.6) is 5.75 Å². The summed E-state index contributed by atoms with van der Waals surface area (Å²) in [5.41, 5.74) is -0.513. The molecule has 1 unspecified atom stereocenters. The number of rotatable bonds is 5. The normalized spacial score (nSPS) is 16.5. The molecular weight excluding hydrogens is 323 g/mol. The molecular formula is C17H14F3NO3. The van der Waals surface area contributed by atoms with Crippen LogP contribution in [-0.4, -0.2) is 25.2 Å². The molecule has 4 nitrogen and oxygen atoms in total. The maximum absolute atomic E-state index is 12.7. The molecule has 24 heavy (non-hydrogen) atoms. The number of halogens is 3. The number of epoxide rings is 1. The van der Waals surface area contributed by atoms with Crippen molar-refractivity contribution < 1.29 is 27.4 Å². The van der Waals surface area contributed by atoms with Crippen molar-refractivity contribution in [3.63, 3.8) is 0 Å². The first kappa shape index (κ1) is 16.3. The highest BCUT2D eigenvalue weighted by Crippen LogP contribution is 2.31. The van der Waals surface area contributed by atoms with Crippen molar-refractivity contribution >= 4 is 11.6 Å². The lowest BCUT2D eigenvalue weighted by atomic mass is 10.1. The number of alkyl halides is 3. The number of nitrogens with one attached hydrogen (secondary N) is 1. The van der Waals surface area contributed by atoms with E-state index in [0.717, 1.165) is 12.1 Å². The lowest BCUT2D eigenvalue weighted by Crippen LogP contribution is -2.15. The summed E-state index contributed by atoms with van der Waals surface area (Å²) in [4.78, 5) is 12.4. The number of benzene rings is 2. The van der Waals surface area contributed by atoms with Crippen LogP contribution in [-0.2, 0) is 10.9 Å². The lowest BCUT2D eigenvalue weighted by Gasteiger charge is -2.12. The van der Waals surface area contributed by atoms with Crippen molar-refractivity contribution in [1.29, 1.82) is 0 Å². The minimum absolute atomic E-state index is 0.0320. The molecule has 1 atom stereocenters. The van der Waals surface area contributed by atoms with Gasteiger partial charge in [-0.1, -0.05) is 18.2 Å². The highest BCUT2D eigenvalue weighted by Gasteiger charge is 2.30. The molecule has 1 fully saturated rings. The largest absolute Gasteiger partial charge is 0.490 e. The third kappa shape index (κ3) is 4.05. The molecule has 1 heterocycles. The summed E-state index contributed by atoms with van der Waals surface area (Å²) in [6, 6.07) is 11.0. The number of carbonyl (C=O) groups excluding carboxylic acids is 1. The molecule has 0 aliphatic carbocycles. The summed E-state index contributed by atoms with van der Waals surface area (Å²) < 4.78 is 48.8. The topological polar surface area (TPSA) is 50.9 Å². The van der Waals surface area contributed by atoms with Crippen LogP contribution in [0, 0.1) is 0 Å². The zero-order chi connectivity index (χ0) is 17.2. The average molecular weight is 337 g/mol. The highest BCUT2D eigenvalue weighted by atomic mass is 19.4. The minimum atomic E-state index is -4.47. The number of anilines is 1. The molecule has 2 aromatic rings. The van der Waals surface area contributed by atoms with Gasteiger partial charge in [0.15, 0.2) is 0 Å². The Morgan fingerprint density at radius 1 is 1.21 bits per heavy atom. The molecule has 0 spiro atoms. The van der Waals surface area contributed by atoms with Crippen molar-refractivity contribution in [2.45, 2.75) is 12.3 Å². The molecule has 1 amide bonds. The van der Waals surface area contributed by atoms with Gasteiger partial charge in [-0.3, -0.25) is 4.79 Å². The van der Waals surface area contributed by atoms with Gasteiger partial charge in [-0.25, -0.2) is 0 Å². The van der Waals surface area contributed by atoms with Gasteiger partial charge in [0.2, 0.25) is 0 Å². The van der Waals surface area contributed by atoms with E-state index in [-0.39, 0.29) is 17.4 Å². The molecule has 0 radical (unpaired) electrons. The summed E-state index contributed by atoms with van der Waals surface area (Å²) in [7, 11) is 0. The van der Waals surface area contributed by atoms with Gasteiger partial charge in [-0.05, 0) is 30.3 Å². The van der Waals surface area contributed by atoms with Gasteiger partial charge in [0.1, 0.15) is 18.5 Å². The van der Waals surface area contributed by atoms with Gasteiger partial charge in [-0.15, -0.1) is 0 Å². The molecule has 0 aromatic heterocycles. The van der Waals surface area contributed by atoms with Gasteiger partial charge in [0, 0.05) is 5.69 Å². The van der Waals surface area contributed by atoms with Gasteiger partial charge in [-0.2, -0.15) is 13.2 Å². The average Bonchev–Trinajstić information content (AvgIpc) is 3.37. The van der Waals surface area contributed by atoms with Crippen molar-refractivity contribution in [1.82, 2.24) is 0 Å². The third-order valence-corrected chi connectivity index (χ3v) is 3.41. The number of hydrogen-bond donors (Lipinski definition) is 1. The first-order valence-electron chi connectivity index (χ1n) is 7.25. The molecule has 0 saturated carbocycles. The maximum Gasteiger partial charge on any atom is 0.416 e. The predicted molar refractivity (Wildman–Crippen MR) is 81.1 cm³/mol. The number of ether oxygens (including phenoxy) is 2. The molecule has 126 valence electrons. The van der Waals surface area contributed by atoms with Crippen LogP contribution in [0.4, 0.5) is 18.9 Å². The molecule has 1 aliphatic heterocycles. The second-order valence-electron chi connectivity index (χ2n) is 5.30. The summed E-state index contributed by atoms with van der Waals surface area (Å²) >= 11 is 0. The summed E-state index contributed by atoms with van der Waals surface area (Å²) in [6.07, 6.45) is -4.43. The number of hydrogen-bond acceptors (Lipinski definition) is 3. The molecule has 2 aromatic carbocycles. The van der Waals surface area contributed by atoms with Crippen molar-refractivity contribution in [2.75, 3.05) is 18.5 Å². The van der Waals surface area contributed by atoms with Crippen LogP contribution >= 0.6 is 0 Å². The number of amides is 1. The zero-order valence-electron chi connectivity index (χ0n) is 12.5. The van der Waals surface area contributed by atoms with Crippen LogP contribution in [0.25, 0.3) is 0 Å². The molecule has 1 saturated heterocycles. The smallest absolute Gasteiger partial charge is 0.416 e. The minimum Gasteiger partial charge on any atom is -0.490 e. The summed E-state index contributed by atoms with van der Waals surface area (Å²) in [6.45, 7) is 0.951. The van der Waals surface area contributed by atoms with Crippen LogP contribution in [0.15, 0.2) is 48.5 Å².